The molecule has 0 heterocycles. The number of aliphatic carboxylic acids is 2. The molecule has 0 aliphatic rings. The van der Waals surface area contributed by atoms with Gasteiger partial charge in [-0.2, -0.15) is 0 Å². The highest BCUT2D eigenvalue weighted by atomic mass is 19.1. The number of carboxylic acids is 2. The van der Waals surface area contributed by atoms with Crippen LogP contribution in [0.15, 0.2) is 24.3 Å². The van der Waals surface area contributed by atoms with Gasteiger partial charge in [0.2, 0.25) is 6.29 Å². The van der Waals surface area contributed by atoms with Crippen LogP contribution in [0.2, 0.25) is 0 Å². The summed E-state index contributed by atoms with van der Waals surface area (Å²) in [7, 11) is 0. The number of benzene rings is 1. The molecule has 0 aliphatic heterocycles. The molecule has 31 heavy (non-hydrogen) atoms. The Morgan fingerprint density at radius 1 is 1.06 bits per heavy atom. The lowest BCUT2D eigenvalue weighted by atomic mass is 10.1. The van der Waals surface area contributed by atoms with E-state index in [0.29, 0.717) is 18.4 Å². The number of nitrogens with one attached hydrogen (secondary N) is 2. The van der Waals surface area contributed by atoms with Crippen LogP contribution < -0.4 is 10.6 Å². The molecule has 0 aromatic heterocycles. The zero-order valence-corrected chi connectivity index (χ0v) is 16.4. The summed E-state index contributed by atoms with van der Waals surface area (Å²) in [5.41, 5.74) is 0.291. The van der Waals surface area contributed by atoms with Crippen molar-refractivity contribution in [3.05, 3.63) is 35.6 Å². The Morgan fingerprint density at radius 3 is 2.32 bits per heavy atom. The quantitative estimate of drug-likeness (QED) is 0.188. The fourth-order valence-electron chi connectivity index (χ4n) is 2.38. The van der Waals surface area contributed by atoms with Crippen molar-refractivity contribution in [2.24, 2.45) is 0 Å². The lowest BCUT2D eigenvalue weighted by Gasteiger charge is -2.18. The van der Waals surface area contributed by atoms with Gasteiger partial charge >= 0.3 is 18.0 Å². The van der Waals surface area contributed by atoms with Gasteiger partial charge in [0.05, 0.1) is 0 Å². The van der Waals surface area contributed by atoms with Crippen molar-refractivity contribution in [3.8, 4) is 0 Å². The van der Waals surface area contributed by atoms with E-state index in [-0.39, 0.29) is 25.9 Å². The largest absolute Gasteiger partial charge is 0.481 e. The van der Waals surface area contributed by atoms with Crippen LogP contribution in [0.25, 0.3) is 0 Å². The highest BCUT2D eigenvalue weighted by Gasteiger charge is 2.24. The van der Waals surface area contributed by atoms with E-state index in [9.17, 15) is 28.4 Å². The summed E-state index contributed by atoms with van der Waals surface area (Å²) in [6.07, 6.45) is -2.43. The molecule has 1 aromatic carbocycles. The maximum Gasteiger partial charge on any atom is 0.410 e. The fraction of sp³-hybridized carbons (Fsp3) is 0.421. The van der Waals surface area contributed by atoms with E-state index in [2.05, 4.69) is 10.1 Å². The maximum absolute atomic E-state index is 12.8. The van der Waals surface area contributed by atoms with E-state index < -0.39 is 48.5 Å². The third kappa shape index (κ3) is 10.6. The molecule has 0 unspecified atom stereocenters. The normalized spacial score (nSPS) is 12.2. The first kappa shape index (κ1) is 25.3. The fourth-order valence-corrected chi connectivity index (χ4v) is 2.38. The van der Waals surface area contributed by atoms with Crippen LogP contribution in [-0.2, 0) is 23.9 Å². The van der Waals surface area contributed by atoms with Crippen molar-refractivity contribution in [3.63, 3.8) is 0 Å². The molecule has 0 bridgehead atoms. The monoisotopic (exact) mass is 442 g/mol. The zero-order valence-electron chi connectivity index (χ0n) is 16.4. The summed E-state index contributed by atoms with van der Waals surface area (Å²) in [6.45, 7) is 0.319. The van der Waals surface area contributed by atoms with Crippen LogP contribution >= 0.6 is 0 Å². The number of carbonyl (C=O) groups is 5. The number of ether oxygens (including phenoxy) is 2. The van der Waals surface area contributed by atoms with Crippen LogP contribution in [0.3, 0.4) is 0 Å². The van der Waals surface area contributed by atoms with Gasteiger partial charge in [0.1, 0.15) is 11.9 Å². The van der Waals surface area contributed by atoms with Gasteiger partial charge in [-0.3, -0.25) is 14.4 Å². The molecule has 0 saturated heterocycles. The topological polar surface area (TPSA) is 168 Å². The number of hydrogen-bond acceptors (Lipinski definition) is 7. The Hall–Kier alpha value is -3.70. The van der Waals surface area contributed by atoms with Gasteiger partial charge in [0, 0.05) is 24.9 Å². The second-order valence-corrected chi connectivity index (χ2v) is 6.29. The standard InChI is InChI=1S/C19H23FN2O9/c20-13-6-4-12(5-7-13)17(26)21-10-2-1-3-16(30-11-23)31-19(29)22-14(18(27)28)8-9-15(24)25/h4-7,11,14,16H,1-3,8-10H2,(H,21,26)(H,22,29)(H,24,25)(H,27,28)/t14-,16-/m0/s1. The molecule has 0 radical (unpaired) electrons. The van der Waals surface area contributed by atoms with Gasteiger partial charge < -0.3 is 30.3 Å². The number of amides is 2. The van der Waals surface area contributed by atoms with E-state index in [1.165, 1.54) is 12.1 Å². The minimum Gasteiger partial charge on any atom is -0.481 e. The van der Waals surface area contributed by atoms with Crippen LogP contribution in [0, 0.1) is 5.82 Å². The van der Waals surface area contributed by atoms with E-state index in [1.807, 2.05) is 5.32 Å². The number of halogens is 1. The second kappa shape index (κ2) is 13.5. The van der Waals surface area contributed by atoms with Gasteiger partial charge in [0.15, 0.2) is 0 Å². The number of alkyl carbamates (subject to hydrolysis) is 1. The number of carbonyl (C=O) groups excluding carboxylic acids is 3. The third-order valence-electron chi connectivity index (χ3n) is 3.94. The highest BCUT2D eigenvalue weighted by molar-refractivity contribution is 5.94. The summed E-state index contributed by atoms with van der Waals surface area (Å²) >= 11 is 0. The van der Waals surface area contributed by atoms with Gasteiger partial charge in [-0.05, 0) is 43.5 Å². The first-order chi connectivity index (χ1) is 14.7. The third-order valence-corrected chi connectivity index (χ3v) is 3.94. The second-order valence-electron chi connectivity index (χ2n) is 6.29. The smallest absolute Gasteiger partial charge is 0.410 e. The molecule has 12 heteroatoms. The van der Waals surface area contributed by atoms with Crippen molar-refractivity contribution in [2.45, 2.75) is 44.4 Å². The lowest BCUT2D eigenvalue weighted by molar-refractivity contribution is -0.154. The molecule has 0 spiro atoms. The van der Waals surface area contributed by atoms with Gasteiger partial charge in [-0.25, -0.2) is 14.0 Å². The molecule has 0 aliphatic carbocycles. The minimum atomic E-state index is -1.48. The molecule has 2 amide bonds. The van der Waals surface area contributed by atoms with Crippen molar-refractivity contribution in [1.82, 2.24) is 10.6 Å². The Balaban J connectivity index is 2.38. The van der Waals surface area contributed by atoms with Gasteiger partial charge in [0.25, 0.3) is 12.4 Å². The predicted octanol–water partition coefficient (Wildman–Crippen LogP) is 1.27. The van der Waals surface area contributed by atoms with Crippen molar-refractivity contribution in [2.75, 3.05) is 6.54 Å². The van der Waals surface area contributed by atoms with Crippen LogP contribution in [0.1, 0.15) is 42.5 Å². The molecule has 0 fully saturated rings. The predicted molar refractivity (Wildman–Crippen MR) is 101 cm³/mol. The zero-order chi connectivity index (χ0) is 23.2. The Kier molecular flexibility index (Phi) is 11.0. The van der Waals surface area contributed by atoms with E-state index >= 15 is 0 Å². The molecular formula is C19H23FN2O9. The molecule has 4 N–H and O–H groups in total. The summed E-state index contributed by atoms with van der Waals surface area (Å²) in [5, 5.41) is 22.2. The van der Waals surface area contributed by atoms with Crippen LogP contribution in [0.5, 0.6) is 0 Å². The molecule has 1 aromatic rings. The first-order valence-electron chi connectivity index (χ1n) is 9.27. The number of unbranched alkanes of at least 4 members (excludes halogenated alkanes) is 1. The maximum atomic E-state index is 12.8. The molecular weight excluding hydrogens is 419 g/mol. The van der Waals surface area contributed by atoms with E-state index in [0.717, 1.165) is 12.1 Å². The van der Waals surface area contributed by atoms with Crippen molar-refractivity contribution in [1.29, 1.82) is 0 Å². The van der Waals surface area contributed by atoms with E-state index in [4.69, 9.17) is 14.9 Å². The van der Waals surface area contributed by atoms with Crippen molar-refractivity contribution >= 4 is 30.4 Å². The molecule has 11 nitrogen and oxygen atoms in total. The molecule has 2 atom stereocenters. The van der Waals surface area contributed by atoms with Crippen LogP contribution in [0.4, 0.5) is 9.18 Å². The molecule has 1 rings (SSSR count). The summed E-state index contributed by atoms with van der Waals surface area (Å²) in [6, 6.07) is 3.52. The minimum absolute atomic E-state index is 0.0629. The Morgan fingerprint density at radius 2 is 1.74 bits per heavy atom. The Bertz CT molecular complexity index is 770. The van der Waals surface area contributed by atoms with Gasteiger partial charge in [-0.15, -0.1) is 0 Å². The molecule has 0 saturated carbocycles. The summed E-state index contributed by atoms with van der Waals surface area (Å²) in [5.74, 6) is -3.52. The molecule has 170 valence electrons. The lowest BCUT2D eigenvalue weighted by Crippen LogP contribution is -2.42. The number of hydrogen-bond donors (Lipinski definition) is 4. The van der Waals surface area contributed by atoms with E-state index in [1.54, 1.807) is 0 Å². The highest BCUT2D eigenvalue weighted by Crippen LogP contribution is 2.08. The Labute approximate surface area is 176 Å². The average Bonchev–Trinajstić information content (AvgIpc) is 2.70. The summed E-state index contributed by atoms with van der Waals surface area (Å²) in [4.78, 5) is 55.9. The van der Waals surface area contributed by atoms with Crippen molar-refractivity contribution < 1.29 is 48.0 Å². The average molecular weight is 442 g/mol. The first-order valence-corrected chi connectivity index (χ1v) is 9.27. The number of rotatable bonds is 14. The van der Waals surface area contributed by atoms with Crippen LogP contribution in [-0.4, -0.2) is 59.5 Å². The van der Waals surface area contributed by atoms with Gasteiger partial charge in [-0.1, -0.05) is 0 Å². The number of carboxylic acid groups (broad SMARTS) is 2. The SMILES string of the molecule is O=CO[C@H](CCCCNC(=O)c1ccc(F)cc1)OC(=O)N[C@@H](CCC(=O)O)C(=O)O. The summed E-state index contributed by atoms with van der Waals surface area (Å²) < 4.78 is 22.3.